The fraction of sp³-hybridized carbons (Fsp3) is 0.393. The molecule has 0 spiro atoms. The molecule has 2 aromatic carbocycles. The first-order valence-electron chi connectivity index (χ1n) is 13.9. The SMILES string of the molecule is N[C@@H]1C[C@H](N)CN(c2nc(Nc3ccc(C(=O)CC(=O)Nc4ccccc4F)cc3)nc(N3C[C@H](N)C[C@H](N)C3)n2)C1. The van der Waals surface area contributed by atoms with Crippen LogP contribution in [0.2, 0.25) is 0 Å². The molecule has 0 unspecified atom stereocenters. The minimum absolute atomic E-state index is 0.0213. The number of ketones is 1. The maximum absolute atomic E-state index is 13.8. The zero-order valence-corrected chi connectivity index (χ0v) is 23.1. The number of amides is 1. The van der Waals surface area contributed by atoms with Gasteiger partial charge in [-0.25, -0.2) is 4.39 Å². The molecule has 222 valence electrons. The Morgan fingerprint density at radius 1 is 0.786 bits per heavy atom. The Kier molecular flexibility index (Phi) is 8.87. The van der Waals surface area contributed by atoms with Gasteiger partial charge < -0.3 is 43.4 Å². The van der Waals surface area contributed by atoms with Crippen LogP contribution in [-0.2, 0) is 4.79 Å². The molecule has 42 heavy (non-hydrogen) atoms. The van der Waals surface area contributed by atoms with E-state index in [4.69, 9.17) is 27.9 Å². The minimum atomic E-state index is -0.605. The van der Waals surface area contributed by atoms with Crippen molar-refractivity contribution in [2.24, 2.45) is 22.9 Å². The number of piperidine rings is 2. The molecular weight excluding hydrogens is 541 g/mol. The summed E-state index contributed by atoms with van der Waals surface area (Å²) in [7, 11) is 0. The lowest BCUT2D eigenvalue weighted by Crippen LogP contribution is -2.54. The summed E-state index contributed by atoms with van der Waals surface area (Å²) in [6.07, 6.45) is 0.998. The van der Waals surface area contributed by atoms with Gasteiger partial charge in [-0.2, -0.15) is 15.0 Å². The molecule has 0 bridgehead atoms. The quantitative estimate of drug-likeness (QED) is 0.161. The summed E-state index contributed by atoms with van der Waals surface area (Å²) >= 11 is 0. The van der Waals surface area contributed by atoms with Crippen molar-refractivity contribution in [3.8, 4) is 0 Å². The zero-order valence-electron chi connectivity index (χ0n) is 23.1. The van der Waals surface area contributed by atoms with Crippen molar-refractivity contribution in [2.75, 3.05) is 46.6 Å². The van der Waals surface area contributed by atoms with E-state index >= 15 is 0 Å². The van der Waals surface area contributed by atoms with Crippen LogP contribution in [0.1, 0.15) is 29.6 Å². The number of carbonyl (C=O) groups excluding carboxylic acids is 2. The summed E-state index contributed by atoms with van der Waals surface area (Å²) in [5.41, 5.74) is 25.9. The molecule has 3 heterocycles. The van der Waals surface area contributed by atoms with Gasteiger partial charge in [-0.15, -0.1) is 0 Å². The Bertz CT molecular complexity index is 1360. The van der Waals surface area contributed by atoms with Crippen LogP contribution in [0.25, 0.3) is 0 Å². The monoisotopic (exact) mass is 577 g/mol. The van der Waals surface area contributed by atoms with E-state index in [1.54, 1.807) is 30.3 Å². The van der Waals surface area contributed by atoms with Crippen molar-refractivity contribution in [1.82, 2.24) is 15.0 Å². The van der Waals surface area contributed by atoms with Crippen LogP contribution in [0.4, 0.5) is 33.6 Å². The van der Waals surface area contributed by atoms with Crippen LogP contribution in [0, 0.1) is 5.82 Å². The number of hydrogen-bond donors (Lipinski definition) is 6. The van der Waals surface area contributed by atoms with Gasteiger partial charge in [0.25, 0.3) is 0 Å². The zero-order chi connectivity index (χ0) is 29.8. The van der Waals surface area contributed by atoms with Crippen LogP contribution in [-0.4, -0.2) is 77.0 Å². The van der Waals surface area contributed by atoms with Crippen LogP contribution < -0.4 is 43.4 Å². The second-order valence-corrected chi connectivity index (χ2v) is 10.9. The molecule has 0 radical (unpaired) electrons. The first-order valence-corrected chi connectivity index (χ1v) is 13.9. The Labute approximate surface area is 242 Å². The third-order valence-electron chi connectivity index (χ3n) is 7.14. The maximum Gasteiger partial charge on any atom is 0.233 e. The highest BCUT2D eigenvalue weighted by atomic mass is 19.1. The Morgan fingerprint density at radius 3 is 1.83 bits per heavy atom. The summed E-state index contributed by atoms with van der Waals surface area (Å²) < 4.78 is 13.8. The maximum atomic E-state index is 13.8. The molecule has 1 amide bonds. The summed E-state index contributed by atoms with van der Waals surface area (Å²) in [5.74, 6) is -0.418. The number of carbonyl (C=O) groups is 2. The van der Waals surface area contributed by atoms with E-state index in [0.29, 0.717) is 68.1 Å². The summed E-state index contributed by atoms with van der Waals surface area (Å²) in [6.45, 7) is 2.21. The normalized spacial score (nSPS) is 22.5. The van der Waals surface area contributed by atoms with Gasteiger partial charge in [0.05, 0.1) is 12.1 Å². The molecule has 13 nitrogen and oxygen atoms in total. The molecule has 0 aliphatic carbocycles. The topological polar surface area (TPSA) is 207 Å². The highest BCUT2D eigenvalue weighted by Gasteiger charge is 2.29. The molecule has 2 aliphatic heterocycles. The van der Waals surface area contributed by atoms with Crippen LogP contribution in [0.5, 0.6) is 0 Å². The minimum Gasteiger partial charge on any atom is -0.338 e. The predicted molar refractivity (Wildman–Crippen MR) is 159 cm³/mol. The van der Waals surface area contributed by atoms with Crippen molar-refractivity contribution in [3.05, 3.63) is 59.9 Å². The van der Waals surface area contributed by atoms with Crippen molar-refractivity contribution in [3.63, 3.8) is 0 Å². The summed E-state index contributed by atoms with van der Waals surface area (Å²) in [6, 6.07) is 11.9. The molecule has 3 aromatic rings. The van der Waals surface area contributed by atoms with Gasteiger partial charge in [-0.1, -0.05) is 12.1 Å². The van der Waals surface area contributed by atoms with E-state index in [-0.39, 0.29) is 29.9 Å². The fourth-order valence-electron chi connectivity index (χ4n) is 5.25. The number of para-hydroxylation sites is 1. The van der Waals surface area contributed by atoms with Gasteiger partial charge in [0, 0.05) is 61.6 Å². The van der Waals surface area contributed by atoms with Crippen LogP contribution >= 0.6 is 0 Å². The van der Waals surface area contributed by atoms with Crippen molar-refractivity contribution in [1.29, 1.82) is 0 Å². The van der Waals surface area contributed by atoms with Gasteiger partial charge >= 0.3 is 0 Å². The Hall–Kier alpha value is -4.24. The molecule has 2 fully saturated rings. The molecular formula is C28H36FN11O2. The highest BCUT2D eigenvalue weighted by molar-refractivity contribution is 6.11. The molecule has 2 aliphatic rings. The molecule has 1 aromatic heterocycles. The van der Waals surface area contributed by atoms with Crippen molar-refractivity contribution < 1.29 is 14.0 Å². The number of halogens is 1. The van der Waals surface area contributed by atoms with E-state index in [9.17, 15) is 14.0 Å². The number of rotatable bonds is 8. The lowest BCUT2D eigenvalue weighted by molar-refractivity contribution is -0.115. The Balaban J connectivity index is 1.31. The predicted octanol–water partition coefficient (Wildman–Crippen LogP) is 0.695. The number of Topliss-reactive ketones (excluding diaryl/α,β-unsaturated/α-hetero) is 1. The van der Waals surface area contributed by atoms with Crippen molar-refractivity contribution in [2.45, 2.75) is 43.4 Å². The Morgan fingerprint density at radius 2 is 1.31 bits per heavy atom. The average Bonchev–Trinajstić information content (AvgIpc) is 2.93. The van der Waals surface area contributed by atoms with E-state index in [0.717, 1.165) is 0 Å². The van der Waals surface area contributed by atoms with Gasteiger partial charge in [-0.05, 0) is 49.2 Å². The third kappa shape index (κ3) is 7.33. The van der Waals surface area contributed by atoms with E-state index in [2.05, 4.69) is 20.6 Å². The lowest BCUT2D eigenvalue weighted by atomic mass is 10.0. The smallest absolute Gasteiger partial charge is 0.233 e. The number of nitrogens with two attached hydrogens (primary N) is 4. The van der Waals surface area contributed by atoms with Gasteiger partial charge in [0.15, 0.2) is 5.78 Å². The van der Waals surface area contributed by atoms with Gasteiger partial charge in [-0.3, -0.25) is 9.59 Å². The standard InChI is InChI=1S/C28H36FN11O2/c29-22-3-1-2-4-23(22)35-25(42)11-24(41)16-5-7-21(8-6-16)34-26-36-27(39-12-17(30)9-18(31)13-39)38-28(37-26)40-14-19(32)10-20(33)15-40/h1-8,17-20H,9-15,30-33H2,(H,35,42)(H,34,36,37,38)/t17-,18+,19-,20+. The van der Waals surface area contributed by atoms with Crippen molar-refractivity contribution >= 4 is 40.9 Å². The number of anilines is 5. The van der Waals surface area contributed by atoms with E-state index in [1.165, 1.54) is 18.2 Å². The molecule has 14 heteroatoms. The molecule has 2 saturated heterocycles. The number of benzene rings is 2. The van der Waals surface area contributed by atoms with E-state index < -0.39 is 23.9 Å². The summed E-state index contributed by atoms with van der Waals surface area (Å²) in [4.78, 5) is 42.9. The number of nitrogens with zero attached hydrogens (tertiary/aromatic N) is 5. The molecule has 5 rings (SSSR count). The first-order chi connectivity index (χ1) is 20.1. The molecule has 4 atom stereocenters. The van der Waals surface area contributed by atoms with Gasteiger partial charge in [0.1, 0.15) is 5.82 Å². The molecule has 10 N–H and O–H groups in total. The van der Waals surface area contributed by atoms with Gasteiger partial charge in [0.2, 0.25) is 23.8 Å². The average molecular weight is 578 g/mol. The molecule has 0 saturated carbocycles. The fourth-order valence-corrected chi connectivity index (χ4v) is 5.25. The third-order valence-corrected chi connectivity index (χ3v) is 7.14. The second-order valence-electron chi connectivity index (χ2n) is 10.9. The second kappa shape index (κ2) is 12.7. The number of hydrogen-bond acceptors (Lipinski definition) is 12. The first kappa shape index (κ1) is 29.3. The lowest BCUT2D eigenvalue weighted by Gasteiger charge is -2.37. The largest absolute Gasteiger partial charge is 0.338 e. The van der Waals surface area contributed by atoms with E-state index in [1.807, 2.05) is 9.80 Å². The van der Waals surface area contributed by atoms with Crippen LogP contribution in [0.3, 0.4) is 0 Å². The summed E-state index contributed by atoms with van der Waals surface area (Å²) in [5, 5.41) is 5.60. The highest BCUT2D eigenvalue weighted by Crippen LogP contribution is 2.24. The number of aromatic nitrogens is 3. The number of nitrogens with one attached hydrogen (secondary N) is 2. The van der Waals surface area contributed by atoms with Crippen LogP contribution in [0.15, 0.2) is 48.5 Å².